The van der Waals surface area contributed by atoms with Crippen molar-refractivity contribution in [3.05, 3.63) is 94.5 Å². The SMILES string of the molecule is Cc1cccc(NC(=O)C(=O)N/N=C\c2ccc(OCc3ccc(Cl)cc3)cc2)c1. The second kappa shape index (κ2) is 10.2. The predicted molar refractivity (Wildman–Crippen MR) is 118 cm³/mol. The fourth-order valence-corrected chi connectivity index (χ4v) is 2.65. The van der Waals surface area contributed by atoms with Gasteiger partial charge in [0.2, 0.25) is 0 Å². The zero-order chi connectivity index (χ0) is 21.3. The molecule has 0 aliphatic heterocycles. The molecule has 0 heterocycles. The summed E-state index contributed by atoms with van der Waals surface area (Å²) in [5.74, 6) is -0.942. The number of aryl methyl sites for hydroxylation is 1. The van der Waals surface area contributed by atoms with Crippen LogP contribution < -0.4 is 15.5 Å². The minimum atomic E-state index is -0.851. The second-order valence-corrected chi connectivity index (χ2v) is 6.94. The topological polar surface area (TPSA) is 79.8 Å². The van der Waals surface area contributed by atoms with Crippen molar-refractivity contribution >= 4 is 35.3 Å². The monoisotopic (exact) mass is 421 g/mol. The van der Waals surface area contributed by atoms with Gasteiger partial charge in [0.15, 0.2) is 0 Å². The molecule has 3 rings (SSSR count). The maximum atomic E-state index is 11.9. The smallest absolute Gasteiger partial charge is 0.329 e. The molecule has 0 unspecified atom stereocenters. The second-order valence-electron chi connectivity index (χ2n) is 6.51. The van der Waals surface area contributed by atoms with Crippen LogP contribution in [0.3, 0.4) is 0 Å². The van der Waals surface area contributed by atoms with Gasteiger partial charge in [-0.05, 0) is 72.1 Å². The molecule has 30 heavy (non-hydrogen) atoms. The number of carbonyl (C=O) groups is 2. The summed E-state index contributed by atoms with van der Waals surface area (Å²) in [6.45, 7) is 2.32. The molecule has 0 aromatic heterocycles. The average Bonchev–Trinajstić information content (AvgIpc) is 2.74. The fourth-order valence-electron chi connectivity index (χ4n) is 2.52. The number of nitrogens with zero attached hydrogens (tertiary/aromatic N) is 1. The van der Waals surface area contributed by atoms with Gasteiger partial charge in [0.25, 0.3) is 0 Å². The molecule has 3 aromatic rings. The quantitative estimate of drug-likeness (QED) is 0.353. The lowest BCUT2D eigenvalue weighted by Gasteiger charge is -2.06. The lowest BCUT2D eigenvalue weighted by molar-refractivity contribution is -0.136. The lowest BCUT2D eigenvalue weighted by atomic mass is 10.2. The van der Waals surface area contributed by atoms with E-state index >= 15 is 0 Å². The first kappa shape index (κ1) is 21.1. The number of anilines is 1. The van der Waals surface area contributed by atoms with Crippen LogP contribution in [-0.4, -0.2) is 18.0 Å². The number of nitrogens with one attached hydrogen (secondary N) is 2. The summed E-state index contributed by atoms with van der Waals surface area (Å²) in [5.41, 5.74) is 5.49. The Morgan fingerprint density at radius 1 is 1.00 bits per heavy atom. The highest BCUT2D eigenvalue weighted by atomic mass is 35.5. The lowest BCUT2D eigenvalue weighted by Crippen LogP contribution is -2.32. The van der Waals surface area contributed by atoms with E-state index < -0.39 is 11.8 Å². The van der Waals surface area contributed by atoms with Crippen molar-refractivity contribution in [2.24, 2.45) is 5.10 Å². The Kier molecular flexibility index (Phi) is 7.19. The molecule has 152 valence electrons. The van der Waals surface area contributed by atoms with Crippen LogP contribution in [0, 0.1) is 6.92 Å². The van der Waals surface area contributed by atoms with Gasteiger partial charge >= 0.3 is 11.8 Å². The first-order valence-electron chi connectivity index (χ1n) is 9.18. The Morgan fingerprint density at radius 2 is 1.73 bits per heavy atom. The van der Waals surface area contributed by atoms with Gasteiger partial charge in [0.1, 0.15) is 12.4 Å². The Bertz CT molecular complexity index is 1050. The van der Waals surface area contributed by atoms with Gasteiger partial charge in [-0.1, -0.05) is 35.9 Å². The van der Waals surface area contributed by atoms with Crippen LogP contribution in [0.4, 0.5) is 5.69 Å². The van der Waals surface area contributed by atoms with E-state index in [4.69, 9.17) is 16.3 Å². The van der Waals surface area contributed by atoms with E-state index in [0.717, 1.165) is 16.7 Å². The third-order valence-electron chi connectivity index (χ3n) is 4.06. The molecule has 0 atom stereocenters. The van der Waals surface area contributed by atoms with E-state index in [1.807, 2.05) is 37.3 Å². The standard InChI is InChI=1S/C23H20ClN3O3/c1-16-3-2-4-20(13-16)26-22(28)23(29)27-25-14-17-7-11-21(12-8-17)30-15-18-5-9-19(24)10-6-18/h2-14H,15H2,1H3,(H,26,28)(H,27,29)/b25-14-. The summed E-state index contributed by atoms with van der Waals surface area (Å²) in [4.78, 5) is 23.7. The molecular formula is C23H20ClN3O3. The highest BCUT2D eigenvalue weighted by molar-refractivity contribution is 6.39. The highest BCUT2D eigenvalue weighted by Gasteiger charge is 2.12. The minimum absolute atomic E-state index is 0.427. The van der Waals surface area contributed by atoms with E-state index in [1.54, 1.807) is 42.5 Å². The van der Waals surface area contributed by atoms with Crippen LogP contribution in [0.5, 0.6) is 5.75 Å². The van der Waals surface area contributed by atoms with Crippen molar-refractivity contribution in [1.29, 1.82) is 0 Å². The van der Waals surface area contributed by atoms with Crippen molar-refractivity contribution in [2.45, 2.75) is 13.5 Å². The number of hydrogen-bond acceptors (Lipinski definition) is 4. The van der Waals surface area contributed by atoms with Crippen molar-refractivity contribution in [1.82, 2.24) is 5.43 Å². The van der Waals surface area contributed by atoms with E-state index in [9.17, 15) is 9.59 Å². The van der Waals surface area contributed by atoms with Crippen molar-refractivity contribution < 1.29 is 14.3 Å². The van der Waals surface area contributed by atoms with Crippen LogP contribution in [0.25, 0.3) is 0 Å². The molecule has 0 radical (unpaired) electrons. The van der Waals surface area contributed by atoms with Crippen LogP contribution in [0.15, 0.2) is 77.9 Å². The van der Waals surface area contributed by atoms with Gasteiger partial charge in [-0.15, -0.1) is 0 Å². The first-order valence-corrected chi connectivity index (χ1v) is 9.56. The normalized spacial score (nSPS) is 10.6. The number of hydrazone groups is 1. The molecule has 2 N–H and O–H groups in total. The number of benzene rings is 3. The van der Waals surface area contributed by atoms with Gasteiger partial charge in [0, 0.05) is 10.7 Å². The van der Waals surface area contributed by atoms with Gasteiger partial charge in [0.05, 0.1) is 6.21 Å². The third kappa shape index (κ3) is 6.46. The number of carbonyl (C=O) groups excluding carboxylic acids is 2. The van der Waals surface area contributed by atoms with Crippen molar-refractivity contribution in [3.8, 4) is 5.75 Å². The molecule has 0 saturated carbocycles. The first-order chi connectivity index (χ1) is 14.5. The van der Waals surface area contributed by atoms with Crippen LogP contribution in [-0.2, 0) is 16.2 Å². The molecule has 0 bridgehead atoms. The number of amides is 2. The summed E-state index contributed by atoms with van der Waals surface area (Å²) in [6.07, 6.45) is 1.45. The maximum Gasteiger partial charge on any atom is 0.329 e. The van der Waals surface area contributed by atoms with Gasteiger partial charge < -0.3 is 10.1 Å². The van der Waals surface area contributed by atoms with Crippen LogP contribution in [0.1, 0.15) is 16.7 Å². The zero-order valence-corrected chi connectivity index (χ0v) is 17.0. The molecule has 0 aliphatic carbocycles. The maximum absolute atomic E-state index is 11.9. The summed E-state index contributed by atoms with van der Waals surface area (Å²) in [7, 11) is 0. The Hall–Kier alpha value is -3.64. The van der Waals surface area contributed by atoms with Crippen molar-refractivity contribution in [3.63, 3.8) is 0 Å². The number of rotatable bonds is 6. The molecule has 3 aromatic carbocycles. The summed E-state index contributed by atoms with van der Waals surface area (Å²) < 4.78 is 5.72. The summed E-state index contributed by atoms with van der Waals surface area (Å²) in [6, 6.07) is 21.8. The number of halogens is 1. The van der Waals surface area contributed by atoms with E-state index in [2.05, 4.69) is 15.8 Å². The fraction of sp³-hybridized carbons (Fsp3) is 0.0870. The summed E-state index contributed by atoms with van der Waals surface area (Å²) in [5, 5.41) is 7.02. The molecular weight excluding hydrogens is 402 g/mol. The Morgan fingerprint density at radius 3 is 2.43 bits per heavy atom. The summed E-state index contributed by atoms with van der Waals surface area (Å²) >= 11 is 5.87. The van der Waals surface area contributed by atoms with Crippen LogP contribution in [0.2, 0.25) is 5.02 Å². The molecule has 0 aliphatic rings. The van der Waals surface area contributed by atoms with Crippen molar-refractivity contribution in [2.75, 3.05) is 5.32 Å². The van der Waals surface area contributed by atoms with Gasteiger partial charge in [-0.25, -0.2) is 5.43 Å². The van der Waals surface area contributed by atoms with Crippen LogP contribution >= 0.6 is 11.6 Å². The Labute approximate surface area is 179 Å². The van der Waals surface area contributed by atoms with E-state index in [1.165, 1.54) is 6.21 Å². The third-order valence-corrected chi connectivity index (χ3v) is 4.31. The van der Waals surface area contributed by atoms with E-state index in [0.29, 0.717) is 23.1 Å². The van der Waals surface area contributed by atoms with E-state index in [-0.39, 0.29) is 0 Å². The molecule has 7 heteroatoms. The van der Waals surface area contributed by atoms with Gasteiger partial charge in [-0.2, -0.15) is 5.10 Å². The molecule has 6 nitrogen and oxygen atoms in total. The number of hydrogen-bond donors (Lipinski definition) is 2. The average molecular weight is 422 g/mol. The van der Waals surface area contributed by atoms with Gasteiger partial charge in [-0.3, -0.25) is 9.59 Å². The molecule has 0 spiro atoms. The minimum Gasteiger partial charge on any atom is -0.489 e. The molecule has 2 amide bonds. The Balaban J connectivity index is 1.46. The zero-order valence-electron chi connectivity index (χ0n) is 16.3. The molecule has 0 fully saturated rings. The molecule has 0 saturated heterocycles. The highest BCUT2D eigenvalue weighted by Crippen LogP contribution is 2.15. The predicted octanol–water partition coefficient (Wildman–Crippen LogP) is 4.32. The number of ether oxygens (including phenoxy) is 1. The largest absolute Gasteiger partial charge is 0.489 e.